The Hall–Kier alpha value is -1.13. The van der Waals surface area contributed by atoms with E-state index < -0.39 is 13.7 Å². The summed E-state index contributed by atoms with van der Waals surface area (Å²) in [5, 5.41) is 11.8. The monoisotopic (exact) mass is 308 g/mol. The number of rotatable bonds is 4. The number of esters is 1. The van der Waals surface area contributed by atoms with E-state index in [2.05, 4.69) is 25.7 Å². The normalized spacial score (nSPS) is 18.9. The van der Waals surface area contributed by atoms with Gasteiger partial charge in [-0.05, 0) is 44.8 Å². The fraction of sp³-hybridized carbons (Fsp3) is 0.588. The van der Waals surface area contributed by atoms with E-state index >= 15 is 0 Å². The van der Waals surface area contributed by atoms with Crippen molar-refractivity contribution in [1.29, 1.82) is 0 Å². The second-order valence-electron chi connectivity index (χ2n) is 7.05. The largest absolute Gasteiger partial charge is 0.463 e. The molecule has 0 aliphatic heterocycles. The van der Waals surface area contributed by atoms with E-state index in [1.807, 2.05) is 6.08 Å². The van der Waals surface area contributed by atoms with Gasteiger partial charge in [0, 0.05) is 6.08 Å². The van der Waals surface area contributed by atoms with Crippen molar-refractivity contribution < 1.29 is 14.6 Å². The lowest BCUT2D eigenvalue weighted by molar-refractivity contribution is -0.137. The second-order valence-corrected chi connectivity index (χ2v) is 12.2. The molecule has 0 aromatic rings. The highest BCUT2D eigenvalue weighted by Gasteiger charge is 2.26. The molecule has 1 rings (SSSR count). The summed E-state index contributed by atoms with van der Waals surface area (Å²) in [5.41, 5.74) is 0.881. The van der Waals surface area contributed by atoms with Gasteiger partial charge in [0.25, 0.3) is 0 Å². The molecule has 1 aliphatic carbocycles. The summed E-state index contributed by atoms with van der Waals surface area (Å²) in [4.78, 5) is 11.7. The SMILES string of the molecule is CCOC(=O)/C=C1\C=C(C(C)(C)O)C=C([Si](C)(C)C)CC1. The minimum Gasteiger partial charge on any atom is -0.463 e. The van der Waals surface area contributed by atoms with Crippen LogP contribution in [0.15, 0.2) is 34.6 Å². The van der Waals surface area contributed by atoms with E-state index in [-0.39, 0.29) is 5.97 Å². The Morgan fingerprint density at radius 1 is 1.33 bits per heavy atom. The Morgan fingerprint density at radius 2 is 1.95 bits per heavy atom. The molecule has 1 aliphatic rings. The molecule has 0 aromatic heterocycles. The molecule has 0 heterocycles. The van der Waals surface area contributed by atoms with Crippen LogP contribution in [-0.4, -0.2) is 31.4 Å². The van der Waals surface area contributed by atoms with Gasteiger partial charge < -0.3 is 9.84 Å². The Balaban J connectivity index is 3.17. The molecule has 0 fully saturated rings. The topological polar surface area (TPSA) is 46.5 Å². The third-order valence-corrected chi connectivity index (χ3v) is 5.93. The summed E-state index contributed by atoms with van der Waals surface area (Å²) in [7, 11) is -1.43. The molecule has 1 N–H and O–H groups in total. The van der Waals surface area contributed by atoms with Crippen LogP contribution in [-0.2, 0) is 9.53 Å². The summed E-state index contributed by atoms with van der Waals surface area (Å²) in [6.45, 7) is 12.7. The molecule has 3 nitrogen and oxygen atoms in total. The van der Waals surface area contributed by atoms with Gasteiger partial charge in [0.2, 0.25) is 0 Å². The average molecular weight is 308 g/mol. The van der Waals surface area contributed by atoms with Gasteiger partial charge in [-0.15, -0.1) is 0 Å². The van der Waals surface area contributed by atoms with E-state index in [1.54, 1.807) is 26.8 Å². The summed E-state index contributed by atoms with van der Waals surface area (Å²) in [6, 6.07) is 0. The Morgan fingerprint density at radius 3 is 2.43 bits per heavy atom. The predicted octanol–water partition coefficient (Wildman–Crippen LogP) is 3.77. The van der Waals surface area contributed by atoms with Crippen LogP contribution in [0.2, 0.25) is 19.6 Å². The quantitative estimate of drug-likeness (QED) is 0.488. The fourth-order valence-electron chi connectivity index (χ4n) is 2.25. The van der Waals surface area contributed by atoms with Crippen molar-refractivity contribution in [2.24, 2.45) is 0 Å². The highest BCUT2D eigenvalue weighted by Crippen LogP contribution is 2.31. The first-order chi connectivity index (χ1) is 9.54. The minimum absolute atomic E-state index is 0.310. The summed E-state index contributed by atoms with van der Waals surface area (Å²) < 4.78 is 4.98. The molecule has 0 radical (unpaired) electrons. The van der Waals surface area contributed by atoms with Crippen molar-refractivity contribution in [3.05, 3.63) is 34.6 Å². The fourth-order valence-corrected chi connectivity index (χ4v) is 3.71. The van der Waals surface area contributed by atoms with Crippen LogP contribution in [0.5, 0.6) is 0 Å². The predicted molar refractivity (Wildman–Crippen MR) is 89.8 cm³/mol. The van der Waals surface area contributed by atoms with Crippen LogP contribution in [0, 0.1) is 0 Å². The Bertz CT molecular complexity index is 485. The van der Waals surface area contributed by atoms with Crippen molar-refractivity contribution in [3.8, 4) is 0 Å². The van der Waals surface area contributed by atoms with E-state index in [1.165, 1.54) is 5.20 Å². The molecule has 0 saturated carbocycles. The molecule has 0 unspecified atom stereocenters. The van der Waals surface area contributed by atoms with E-state index in [0.29, 0.717) is 6.61 Å². The maximum Gasteiger partial charge on any atom is 0.331 e. The van der Waals surface area contributed by atoms with Gasteiger partial charge in [-0.2, -0.15) is 0 Å². The molecular formula is C17H28O3Si. The first-order valence-electron chi connectivity index (χ1n) is 7.57. The van der Waals surface area contributed by atoms with Crippen LogP contribution in [0.3, 0.4) is 0 Å². The van der Waals surface area contributed by atoms with Crippen LogP contribution >= 0.6 is 0 Å². The first kappa shape index (κ1) is 17.9. The molecular weight excluding hydrogens is 280 g/mol. The number of ether oxygens (including phenoxy) is 1. The van der Waals surface area contributed by atoms with Gasteiger partial charge in [-0.25, -0.2) is 4.79 Å². The highest BCUT2D eigenvalue weighted by molar-refractivity contribution is 6.83. The van der Waals surface area contributed by atoms with Gasteiger partial charge in [0.15, 0.2) is 0 Å². The minimum atomic E-state index is -1.43. The lowest BCUT2D eigenvalue weighted by atomic mass is 9.96. The van der Waals surface area contributed by atoms with Crippen LogP contribution in [0.25, 0.3) is 0 Å². The molecule has 118 valence electrons. The smallest absolute Gasteiger partial charge is 0.331 e. The molecule has 0 aromatic carbocycles. The molecule has 0 spiro atoms. The standard InChI is InChI=1S/C17H28O3Si/c1-7-20-16(18)11-13-8-9-15(21(4,5)6)12-14(10-13)17(2,3)19/h10-12,19H,7-9H2,1-6H3/b13-11-. The number of allylic oxidation sites excluding steroid dienone is 3. The van der Waals surface area contributed by atoms with Gasteiger partial charge in [-0.1, -0.05) is 37.0 Å². The van der Waals surface area contributed by atoms with Crippen molar-refractivity contribution >= 4 is 14.0 Å². The van der Waals surface area contributed by atoms with Gasteiger partial charge >= 0.3 is 5.97 Å². The molecule has 21 heavy (non-hydrogen) atoms. The molecule has 0 saturated heterocycles. The lowest BCUT2D eigenvalue weighted by Gasteiger charge is -2.23. The highest BCUT2D eigenvalue weighted by atomic mass is 28.3. The molecule has 4 heteroatoms. The van der Waals surface area contributed by atoms with Crippen molar-refractivity contribution in [1.82, 2.24) is 0 Å². The zero-order valence-corrected chi connectivity index (χ0v) is 15.1. The number of hydrogen-bond acceptors (Lipinski definition) is 3. The van der Waals surface area contributed by atoms with Crippen LogP contribution in [0.1, 0.15) is 33.6 Å². The zero-order valence-electron chi connectivity index (χ0n) is 14.1. The molecule has 0 atom stereocenters. The second kappa shape index (κ2) is 6.75. The van der Waals surface area contributed by atoms with Gasteiger partial charge in [0.1, 0.15) is 0 Å². The van der Waals surface area contributed by atoms with E-state index in [9.17, 15) is 9.90 Å². The maximum atomic E-state index is 11.7. The third-order valence-electron chi connectivity index (χ3n) is 3.61. The third kappa shape index (κ3) is 5.63. The Labute approximate surface area is 129 Å². The van der Waals surface area contributed by atoms with Crippen LogP contribution in [0.4, 0.5) is 0 Å². The summed E-state index contributed by atoms with van der Waals surface area (Å²) in [5.74, 6) is -0.310. The van der Waals surface area contributed by atoms with E-state index in [4.69, 9.17) is 4.74 Å². The van der Waals surface area contributed by atoms with Crippen molar-refractivity contribution in [3.63, 3.8) is 0 Å². The molecule has 0 bridgehead atoms. The van der Waals surface area contributed by atoms with Crippen molar-refractivity contribution in [2.45, 2.75) is 58.9 Å². The zero-order chi connectivity index (χ0) is 16.3. The van der Waals surface area contributed by atoms with Crippen molar-refractivity contribution in [2.75, 3.05) is 6.61 Å². The molecule has 0 amide bonds. The maximum absolute atomic E-state index is 11.7. The number of carbonyl (C=O) groups excluding carboxylic acids is 1. The van der Waals surface area contributed by atoms with Crippen LogP contribution < -0.4 is 0 Å². The first-order valence-corrected chi connectivity index (χ1v) is 11.1. The van der Waals surface area contributed by atoms with Gasteiger partial charge in [0.05, 0.1) is 20.3 Å². The van der Waals surface area contributed by atoms with Gasteiger partial charge in [-0.3, -0.25) is 0 Å². The summed E-state index contributed by atoms with van der Waals surface area (Å²) in [6.07, 6.45) is 7.38. The summed E-state index contributed by atoms with van der Waals surface area (Å²) >= 11 is 0. The number of aliphatic hydroxyl groups is 1. The number of carbonyl (C=O) groups is 1. The lowest BCUT2D eigenvalue weighted by Crippen LogP contribution is -2.26. The average Bonchev–Trinajstić information content (AvgIpc) is 2.50. The van der Waals surface area contributed by atoms with E-state index in [0.717, 1.165) is 24.0 Å². The Kier molecular flexibility index (Phi) is 5.76. The number of hydrogen-bond donors (Lipinski definition) is 1.